The molecule has 84 valence electrons. The topological polar surface area (TPSA) is 38.7 Å². The summed E-state index contributed by atoms with van der Waals surface area (Å²) < 4.78 is 0.758. The quantitative estimate of drug-likeness (QED) is 0.795. The van der Waals surface area contributed by atoms with Crippen molar-refractivity contribution in [3.8, 4) is 0 Å². The zero-order chi connectivity index (χ0) is 11.7. The Labute approximate surface area is 111 Å². The van der Waals surface area contributed by atoms with Gasteiger partial charge in [0, 0.05) is 11.1 Å². The lowest BCUT2D eigenvalue weighted by atomic mass is 10.4. The molecule has 0 bridgehead atoms. The number of aryl methyl sites for hydroxylation is 2. The number of hydrogen-bond donors (Lipinski definition) is 0. The molecule has 0 aliphatic rings. The minimum Gasteiger partial charge on any atom is -0.246 e. The van der Waals surface area contributed by atoms with Crippen LogP contribution in [0, 0.1) is 13.8 Å². The van der Waals surface area contributed by atoms with E-state index in [1.54, 1.807) is 11.3 Å². The van der Waals surface area contributed by atoms with Gasteiger partial charge in [0.05, 0.1) is 16.6 Å². The first kappa shape index (κ1) is 12.0. The maximum atomic E-state index is 5.98. The second-order valence-corrected chi connectivity index (χ2v) is 5.48. The first-order valence-corrected chi connectivity index (χ1v) is 6.71. The molecule has 0 aliphatic carbocycles. The first-order chi connectivity index (χ1) is 7.56. The SMILES string of the molecule is Cc1csc(Cc2nc(C)c(Br)c(Cl)n2)n1. The van der Waals surface area contributed by atoms with Gasteiger partial charge in [-0.1, -0.05) is 11.6 Å². The van der Waals surface area contributed by atoms with E-state index in [-0.39, 0.29) is 0 Å². The predicted molar refractivity (Wildman–Crippen MR) is 69.1 cm³/mol. The van der Waals surface area contributed by atoms with Crippen LogP contribution >= 0.6 is 38.9 Å². The Bertz CT molecular complexity index is 504. The van der Waals surface area contributed by atoms with E-state index in [9.17, 15) is 0 Å². The van der Waals surface area contributed by atoms with Gasteiger partial charge in [-0.3, -0.25) is 0 Å². The third-order valence-corrected chi connectivity index (χ3v) is 4.42. The minimum absolute atomic E-state index is 0.454. The van der Waals surface area contributed by atoms with Crippen LogP contribution < -0.4 is 0 Å². The number of nitrogens with zero attached hydrogens (tertiary/aromatic N) is 3. The van der Waals surface area contributed by atoms with Crippen molar-refractivity contribution in [2.75, 3.05) is 0 Å². The molecule has 6 heteroatoms. The van der Waals surface area contributed by atoms with Crippen LogP contribution in [0.25, 0.3) is 0 Å². The molecule has 0 spiro atoms. The van der Waals surface area contributed by atoms with Gasteiger partial charge in [-0.2, -0.15) is 0 Å². The van der Waals surface area contributed by atoms with Crippen LogP contribution in [-0.4, -0.2) is 15.0 Å². The van der Waals surface area contributed by atoms with Crippen LogP contribution in [0.2, 0.25) is 5.15 Å². The van der Waals surface area contributed by atoms with Crippen LogP contribution in [0.4, 0.5) is 0 Å². The first-order valence-electron chi connectivity index (χ1n) is 4.66. The van der Waals surface area contributed by atoms with Crippen molar-refractivity contribution < 1.29 is 0 Å². The molecule has 0 fully saturated rings. The van der Waals surface area contributed by atoms with E-state index in [0.717, 1.165) is 20.9 Å². The Morgan fingerprint density at radius 3 is 2.62 bits per heavy atom. The number of rotatable bonds is 2. The molecule has 2 aromatic rings. The van der Waals surface area contributed by atoms with Gasteiger partial charge in [0.25, 0.3) is 0 Å². The average molecular weight is 319 g/mol. The maximum Gasteiger partial charge on any atom is 0.147 e. The summed E-state index contributed by atoms with van der Waals surface area (Å²) in [5.74, 6) is 0.708. The van der Waals surface area contributed by atoms with Gasteiger partial charge in [0.1, 0.15) is 16.0 Å². The van der Waals surface area contributed by atoms with Gasteiger partial charge in [-0.25, -0.2) is 15.0 Å². The van der Waals surface area contributed by atoms with E-state index >= 15 is 0 Å². The lowest BCUT2D eigenvalue weighted by molar-refractivity contribution is 0.923. The number of hydrogen-bond acceptors (Lipinski definition) is 4. The average Bonchev–Trinajstić information content (AvgIpc) is 2.60. The van der Waals surface area contributed by atoms with Crippen LogP contribution in [0.1, 0.15) is 22.2 Å². The minimum atomic E-state index is 0.454. The second kappa shape index (κ2) is 4.77. The molecule has 3 nitrogen and oxygen atoms in total. The smallest absolute Gasteiger partial charge is 0.147 e. The van der Waals surface area contributed by atoms with Gasteiger partial charge in [-0.15, -0.1) is 11.3 Å². The summed E-state index contributed by atoms with van der Waals surface area (Å²) in [4.78, 5) is 12.9. The summed E-state index contributed by atoms with van der Waals surface area (Å²) in [6.45, 7) is 3.87. The highest BCUT2D eigenvalue weighted by Crippen LogP contribution is 2.23. The molecule has 0 saturated heterocycles. The van der Waals surface area contributed by atoms with Crippen molar-refractivity contribution in [3.05, 3.63) is 37.2 Å². The Morgan fingerprint density at radius 1 is 1.31 bits per heavy atom. The van der Waals surface area contributed by atoms with Crippen LogP contribution in [0.3, 0.4) is 0 Å². The van der Waals surface area contributed by atoms with E-state index in [1.165, 1.54) is 0 Å². The van der Waals surface area contributed by atoms with Crippen molar-refractivity contribution in [1.29, 1.82) is 0 Å². The molecule has 16 heavy (non-hydrogen) atoms. The largest absolute Gasteiger partial charge is 0.246 e. The summed E-state index contributed by atoms with van der Waals surface area (Å²) in [5, 5.41) is 3.48. The molecule has 0 aromatic carbocycles. The summed E-state index contributed by atoms with van der Waals surface area (Å²) in [6.07, 6.45) is 0.631. The van der Waals surface area contributed by atoms with E-state index in [1.807, 2.05) is 19.2 Å². The summed E-state index contributed by atoms with van der Waals surface area (Å²) in [5.41, 5.74) is 1.88. The van der Waals surface area contributed by atoms with Crippen LogP contribution in [0.15, 0.2) is 9.85 Å². The Morgan fingerprint density at radius 2 is 2.06 bits per heavy atom. The molecule has 0 amide bonds. The fraction of sp³-hybridized carbons (Fsp3) is 0.300. The van der Waals surface area contributed by atoms with Gasteiger partial charge >= 0.3 is 0 Å². The maximum absolute atomic E-state index is 5.98. The highest BCUT2D eigenvalue weighted by Gasteiger charge is 2.09. The summed E-state index contributed by atoms with van der Waals surface area (Å²) in [7, 11) is 0. The number of halogens is 2. The van der Waals surface area contributed by atoms with E-state index < -0.39 is 0 Å². The normalized spacial score (nSPS) is 10.8. The van der Waals surface area contributed by atoms with Crippen molar-refractivity contribution in [3.63, 3.8) is 0 Å². The summed E-state index contributed by atoms with van der Waals surface area (Å²) in [6, 6.07) is 0. The molecule has 0 atom stereocenters. The van der Waals surface area contributed by atoms with Gasteiger partial charge in [0.2, 0.25) is 0 Å². The zero-order valence-corrected chi connectivity index (χ0v) is 11.9. The van der Waals surface area contributed by atoms with E-state index in [2.05, 4.69) is 30.9 Å². The van der Waals surface area contributed by atoms with Gasteiger partial charge in [-0.05, 0) is 29.8 Å². The van der Waals surface area contributed by atoms with Crippen LogP contribution in [-0.2, 0) is 6.42 Å². The van der Waals surface area contributed by atoms with E-state index in [0.29, 0.717) is 17.4 Å². The molecule has 0 aliphatic heterocycles. The standard InChI is InChI=1S/C10H9BrClN3S/c1-5-4-16-8(13-5)3-7-14-6(2)9(11)10(12)15-7/h4H,3H2,1-2H3. The Balaban J connectivity index is 2.28. The fourth-order valence-electron chi connectivity index (χ4n) is 1.28. The fourth-order valence-corrected chi connectivity index (χ4v) is 2.46. The molecule has 0 saturated carbocycles. The lowest BCUT2D eigenvalue weighted by Gasteiger charge is -2.03. The summed E-state index contributed by atoms with van der Waals surface area (Å²) >= 11 is 10.9. The molecule has 0 unspecified atom stereocenters. The molecular formula is C10H9BrClN3S. The second-order valence-electron chi connectivity index (χ2n) is 3.39. The monoisotopic (exact) mass is 317 g/mol. The van der Waals surface area contributed by atoms with Gasteiger partial charge < -0.3 is 0 Å². The van der Waals surface area contributed by atoms with Crippen molar-refractivity contribution >= 4 is 38.9 Å². The van der Waals surface area contributed by atoms with Gasteiger partial charge in [0.15, 0.2) is 0 Å². The van der Waals surface area contributed by atoms with Crippen molar-refractivity contribution in [2.24, 2.45) is 0 Å². The van der Waals surface area contributed by atoms with Crippen molar-refractivity contribution in [2.45, 2.75) is 20.3 Å². The third kappa shape index (κ3) is 2.59. The highest BCUT2D eigenvalue weighted by atomic mass is 79.9. The Hall–Kier alpha value is -0.520. The van der Waals surface area contributed by atoms with E-state index in [4.69, 9.17) is 11.6 Å². The van der Waals surface area contributed by atoms with Crippen LogP contribution in [0.5, 0.6) is 0 Å². The molecular weight excluding hydrogens is 310 g/mol. The molecule has 0 radical (unpaired) electrons. The molecule has 2 rings (SSSR count). The number of thiazole rings is 1. The third-order valence-electron chi connectivity index (χ3n) is 2.00. The molecule has 2 aromatic heterocycles. The molecule has 2 heterocycles. The molecule has 0 N–H and O–H groups in total. The predicted octanol–water partition coefficient (Wildman–Crippen LogP) is 3.56. The zero-order valence-electron chi connectivity index (χ0n) is 8.79. The number of aromatic nitrogens is 3. The highest BCUT2D eigenvalue weighted by molar-refractivity contribution is 9.10. The van der Waals surface area contributed by atoms with Crippen molar-refractivity contribution in [1.82, 2.24) is 15.0 Å². The Kier molecular flexibility index (Phi) is 3.56. The lowest BCUT2D eigenvalue weighted by Crippen LogP contribution is -1.99.